The molecular formula is C16H23N5O6S. The van der Waals surface area contributed by atoms with Crippen molar-refractivity contribution >= 4 is 41.3 Å². The normalized spacial score (nSPS) is 14.5. The average molecular weight is 413 g/mol. The fourth-order valence-electron chi connectivity index (χ4n) is 2.64. The first-order chi connectivity index (χ1) is 13.3. The predicted octanol–water partition coefficient (Wildman–Crippen LogP) is -0.862. The second-order valence-corrected chi connectivity index (χ2v) is 6.82. The van der Waals surface area contributed by atoms with Gasteiger partial charge in [-0.3, -0.25) is 24.1 Å². The molecular weight excluding hydrogens is 390 g/mol. The van der Waals surface area contributed by atoms with E-state index in [2.05, 4.69) is 10.3 Å². The van der Waals surface area contributed by atoms with Crippen LogP contribution in [0.4, 0.5) is 5.82 Å². The summed E-state index contributed by atoms with van der Waals surface area (Å²) in [6, 6.07) is 0. The van der Waals surface area contributed by atoms with Gasteiger partial charge in [0.05, 0.1) is 48.3 Å². The molecule has 0 unspecified atom stereocenters. The molecule has 1 aromatic heterocycles. The van der Waals surface area contributed by atoms with Gasteiger partial charge in [0.1, 0.15) is 5.82 Å². The molecule has 0 spiro atoms. The standard InChI is InChI=1S/C16H23N5O6S/c1-2-27-10(23)8-28-16-12(14(18)25)11(13(17)24)15(20-16)19-9(22)7-21-3-5-26-6-4-21/h20H,2-8H2,1H3,(H2,17,24)(H2,18,25)(H,19,22). The molecule has 28 heavy (non-hydrogen) atoms. The largest absolute Gasteiger partial charge is 0.465 e. The highest BCUT2D eigenvalue weighted by molar-refractivity contribution is 8.00. The Kier molecular flexibility index (Phi) is 7.84. The number of thioether (sulfide) groups is 1. The van der Waals surface area contributed by atoms with Crippen LogP contribution in [0.25, 0.3) is 0 Å². The molecule has 6 N–H and O–H groups in total. The van der Waals surface area contributed by atoms with Gasteiger partial charge < -0.3 is 31.2 Å². The van der Waals surface area contributed by atoms with Gasteiger partial charge in [-0.1, -0.05) is 11.8 Å². The highest BCUT2D eigenvalue weighted by atomic mass is 32.2. The van der Waals surface area contributed by atoms with Crippen LogP contribution >= 0.6 is 11.8 Å². The number of carbonyl (C=O) groups excluding carboxylic acids is 4. The van der Waals surface area contributed by atoms with Crippen LogP contribution in [0.2, 0.25) is 0 Å². The fourth-order valence-corrected chi connectivity index (χ4v) is 3.50. The van der Waals surface area contributed by atoms with Crippen molar-refractivity contribution < 1.29 is 28.7 Å². The maximum Gasteiger partial charge on any atom is 0.316 e. The van der Waals surface area contributed by atoms with Gasteiger partial charge in [0.2, 0.25) is 5.91 Å². The number of primary amides is 2. The number of rotatable bonds is 9. The Bertz CT molecular complexity index is 759. The zero-order chi connectivity index (χ0) is 20.7. The maximum atomic E-state index is 12.3. The fraction of sp³-hybridized carbons (Fsp3) is 0.500. The predicted molar refractivity (Wildman–Crippen MR) is 101 cm³/mol. The van der Waals surface area contributed by atoms with Crippen LogP contribution in [0, 0.1) is 0 Å². The Labute approximate surface area is 165 Å². The molecule has 12 heteroatoms. The summed E-state index contributed by atoms with van der Waals surface area (Å²) in [5, 5.41) is 2.70. The van der Waals surface area contributed by atoms with Crippen LogP contribution in [0.5, 0.6) is 0 Å². The molecule has 0 atom stereocenters. The lowest BCUT2D eigenvalue weighted by Crippen LogP contribution is -2.41. The number of morpholine rings is 1. The Morgan fingerprint density at radius 1 is 1.18 bits per heavy atom. The number of H-pyrrole nitrogens is 1. The zero-order valence-corrected chi connectivity index (χ0v) is 16.2. The van der Waals surface area contributed by atoms with E-state index in [1.54, 1.807) is 6.92 Å². The van der Waals surface area contributed by atoms with Crippen LogP contribution in [-0.4, -0.2) is 78.8 Å². The van der Waals surface area contributed by atoms with Gasteiger partial charge in [-0.05, 0) is 6.92 Å². The first-order valence-corrected chi connectivity index (χ1v) is 9.56. The summed E-state index contributed by atoms with van der Waals surface area (Å²) in [6.45, 7) is 4.23. The summed E-state index contributed by atoms with van der Waals surface area (Å²) in [6.07, 6.45) is 0. The smallest absolute Gasteiger partial charge is 0.316 e. The molecule has 2 heterocycles. The number of anilines is 1. The van der Waals surface area contributed by atoms with E-state index in [4.69, 9.17) is 20.9 Å². The Balaban J connectivity index is 2.20. The monoisotopic (exact) mass is 413 g/mol. The van der Waals surface area contributed by atoms with Gasteiger partial charge in [-0.25, -0.2) is 0 Å². The van der Waals surface area contributed by atoms with Gasteiger partial charge in [-0.15, -0.1) is 0 Å². The highest BCUT2D eigenvalue weighted by Crippen LogP contribution is 2.30. The van der Waals surface area contributed by atoms with Crippen LogP contribution in [-0.2, 0) is 19.1 Å². The van der Waals surface area contributed by atoms with Crippen molar-refractivity contribution in [1.29, 1.82) is 0 Å². The molecule has 1 aliphatic heterocycles. The molecule has 2 rings (SSSR count). The Morgan fingerprint density at radius 2 is 1.82 bits per heavy atom. The third kappa shape index (κ3) is 5.71. The van der Waals surface area contributed by atoms with E-state index in [0.717, 1.165) is 11.8 Å². The number of nitrogens with two attached hydrogens (primary N) is 2. The van der Waals surface area contributed by atoms with Crippen molar-refractivity contribution in [3.05, 3.63) is 11.1 Å². The van der Waals surface area contributed by atoms with Crippen molar-refractivity contribution in [2.75, 3.05) is 50.5 Å². The minimum Gasteiger partial charge on any atom is -0.465 e. The van der Waals surface area contributed by atoms with Crippen molar-refractivity contribution in [1.82, 2.24) is 9.88 Å². The van der Waals surface area contributed by atoms with E-state index in [1.807, 2.05) is 4.90 Å². The van der Waals surface area contributed by atoms with E-state index in [9.17, 15) is 19.2 Å². The number of esters is 1. The third-order valence-electron chi connectivity index (χ3n) is 3.83. The van der Waals surface area contributed by atoms with E-state index < -0.39 is 23.7 Å². The highest BCUT2D eigenvalue weighted by Gasteiger charge is 2.27. The molecule has 11 nitrogen and oxygen atoms in total. The van der Waals surface area contributed by atoms with Crippen LogP contribution in [0.3, 0.4) is 0 Å². The van der Waals surface area contributed by atoms with E-state index in [0.29, 0.717) is 26.3 Å². The molecule has 0 radical (unpaired) electrons. The SMILES string of the molecule is CCOC(=O)CSc1[nH]c(NC(=O)CN2CCOCC2)c(C(N)=O)c1C(N)=O. The molecule has 0 aromatic carbocycles. The number of nitrogens with one attached hydrogen (secondary N) is 2. The summed E-state index contributed by atoms with van der Waals surface area (Å²) >= 11 is 0.922. The third-order valence-corrected chi connectivity index (χ3v) is 4.81. The number of nitrogens with zero attached hydrogens (tertiary/aromatic N) is 1. The Morgan fingerprint density at radius 3 is 2.39 bits per heavy atom. The summed E-state index contributed by atoms with van der Waals surface area (Å²) in [7, 11) is 0. The van der Waals surface area contributed by atoms with Crippen LogP contribution in [0.15, 0.2) is 5.03 Å². The zero-order valence-electron chi connectivity index (χ0n) is 15.4. The molecule has 1 aromatic rings. The molecule has 3 amide bonds. The molecule has 0 bridgehead atoms. The first-order valence-electron chi connectivity index (χ1n) is 8.57. The lowest BCUT2D eigenvalue weighted by Gasteiger charge is -2.25. The lowest BCUT2D eigenvalue weighted by molar-refractivity contribution is -0.139. The molecule has 154 valence electrons. The minimum absolute atomic E-state index is 0.0362. The van der Waals surface area contributed by atoms with E-state index >= 15 is 0 Å². The number of aromatic nitrogens is 1. The Hall–Kier alpha value is -2.57. The van der Waals surface area contributed by atoms with Crippen LogP contribution in [0.1, 0.15) is 27.6 Å². The quantitative estimate of drug-likeness (QED) is 0.299. The molecule has 1 saturated heterocycles. The maximum absolute atomic E-state index is 12.3. The van der Waals surface area contributed by atoms with Gasteiger partial charge in [-0.2, -0.15) is 0 Å². The van der Waals surface area contributed by atoms with Gasteiger partial charge in [0, 0.05) is 13.1 Å². The van der Waals surface area contributed by atoms with Gasteiger partial charge >= 0.3 is 5.97 Å². The van der Waals surface area contributed by atoms with E-state index in [1.165, 1.54) is 0 Å². The molecule has 0 aliphatic carbocycles. The summed E-state index contributed by atoms with van der Waals surface area (Å²) in [5.74, 6) is -2.90. The van der Waals surface area contributed by atoms with Crippen molar-refractivity contribution in [2.24, 2.45) is 11.5 Å². The number of amides is 3. The lowest BCUT2D eigenvalue weighted by atomic mass is 10.1. The van der Waals surface area contributed by atoms with E-state index in [-0.39, 0.29) is 40.9 Å². The minimum atomic E-state index is -0.935. The van der Waals surface area contributed by atoms with Gasteiger partial charge in [0.15, 0.2) is 0 Å². The molecule has 1 aliphatic rings. The van der Waals surface area contributed by atoms with Crippen molar-refractivity contribution in [3.8, 4) is 0 Å². The summed E-state index contributed by atoms with van der Waals surface area (Å²) in [4.78, 5) is 52.3. The molecule has 1 fully saturated rings. The van der Waals surface area contributed by atoms with Crippen LogP contribution < -0.4 is 16.8 Å². The topological polar surface area (TPSA) is 170 Å². The van der Waals surface area contributed by atoms with Crippen molar-refractivity contribution in [3.63, 3.8) is 0 Å². The number of aromatic amines is 1. The molecule has 0 saturated carbocycles. The summed E-state index contributed by atoms with van der Waals surface area (Å²) in [5.41, 5.74) is 10.4. The number of hydrogen-bond donors (Lipinski definition) is 4. The second-order valence-electron chi connectivity index (χ2n) is 5.84. The number of hydrogen-bond acceptors (Lipinski definition) is 8. The average Bonchev–Trinajstić information content (AvgIpc) is 2.99. The van der Waals surface area contributed by atoms with Crippen molar-refractivity contribution in [2.45, 2.75) is 11.9 Å². The summed E-state index contributed by atoms with van der Waals surface area (Å²) < 4.78 is 10.1. The first kappa shape index (κ1) is 21.7. The number of carbonyl (C=O) groups is 4. The number of ether oxygens (including phenoxy) is 2. The second kappa shape index (κ2) is 10.1. The van der Waals surface area contributed by atoms with Gasteiger partial charge in [0.25, 0.3) is 11.8 Å².